The molecule has 0 bridgehead atoms. The van der Waals surface area contributed by atoms with Gasteiger partial charge in [0.1, 0.15) is 5.69 Å². The fourth-order valence-electron chi connectivity index (χ4n) is 3.03. The molecule has 9 heteroatoms. The molecule has 0 aliphatic rings. The van der Waals surface area contributed by atoms with Gasteiger partial charge in [0.2, 0.25) is 0 Å². The number of rotatable bonds is 13. The summed E-state index contributed by atoms with van der Waals surface area (Å²) < 4.78 is 45.3. The lowest BCUT2D eigenvalue weighted by atomic mass is 10.1. The summed E-state index contributed by atoms with van der Waals surface area (Å²) in [5, 5.41) is 6.11. The molecule has 1 rings (SSSR count). The minimum Gasteiger partial charge on any atom is -0.501 e. The first-order valence-corrected chi connectivity index (χ1v) is 12.3. The number of hydrogen-bond donors (Lipinski definition) is 1. The van der Waals surface area contributed by atoms with Crippen molar-refractivity contribution < 1.29 is 22.7 Å². The van der Waals surface area contributed by atoms with Crippen molar-refractivity contribution in [3.05, 3.63) is 75.1 Å². The molecule has 1 N–H and O–H groups in total. The number of methoxy groups -OCH3 is 1. The summed E-state index contributed by atoms with van der Waals surface area (Å²) in [6.45, 7) is 12.1. The van der Waals surface area contributed by atoms with Gasteiger partial charge in [-0.05, 0) is 38.3 Å². The third kappa shape index (κ3) is 9.47. The van der Waals surface area contributed by atoms with E-state index in [1.165, 1.54) is 18.8 Å². The van der Waals surface area contributed by atoms with Crippen LogP contribution in [0.1, 0.15) is 69.6 Å². The van der Waals surface area contributed by atoms with Gasteiger partial charge in [0, 0.05) is 35.9 Å². The van der Waals surface area contributed by atoms with Gasteiger partial charge in [-0.25, -0.2) is 0 Å². The van der Waals surface area contributed by atoms with Crippen LogP contribution in [0.15, 0.2) is 63.7 Å². The Labute approximate surface area is 210 Å². The van der Waals surface area contributed by atoms with Crippen LogP contribution in [0.2, 0.25) is 0 Å². The van der Waals surface area contributed by atoms with Crippen molar-refractivity contribution in [2.75, 3.05) is 13.7 Å². The summed E-state index contributed by atoms with van der Waals surface area (Å²) in [6, 6.07) is 0.753. The number of hydrogen-bond acceptors (Lipinski definition) is 4. The molecular formula is C26H36F3N3O2S. The summed E-state index contributed by atoms with van der Waals surface area (Å²) in [5.74, 6) is 0.241. The molecule has 0 aliphatic carbocycles. The molecule has 0 spiro atoms. The van der Waals surface area contributed by atoms with Crippen LogP contribution >= 0.6 is 11.8 Å². The van der Waals surface area contributed by atoms with Crippen LogP contribution in [-0.4, -0.2) is 29.3 Å². The zero-order valence-electron chi connectivity index (χ0n) is 21.4. The average molecular weight is 512 g/mol. The molecule has 0 atom stereocenters. The number of halogens is 3. The molecule has 194 valence electrons. The van der Waals surface area contributed by atoms with Crippen LogP contribution in [0.3, 0.4) is 0 Å². The molecule has 35 heavy (non-hydrogen) atoms. The van der Waals surface area contributed by atoms with Crippen molar-refractivity contribution in [3.63, 3.8) is 0 Å². The Balaban J connectivity index is 3.13. The van der Waals surface area contributed by atoms with E-state index in [0.29, 0.717) is 0 Å². The van der Waals surface area contributed by atoms with Crippen LogP contribution in [0.5, 0.6) is 0 Å². The molecule has 0 radical (unpaired) electrons. The maximum atomic E-state index is 12.9. The summed E-state index contributed by atoms with van der Waals surface area (Å²) in [4.78, 5) is 14.4. The van der Waals surface area contributed by atoms with Crippen molar-refractivity contribution in [1.29, 1.82) is 0 Å². The number of thioether (sulfide) groups is 1. The molecule has 1 aromatic heterocycles. The van der Waals surface area contributed by atoms with Crippen molar-refractivity contribution >= 4 is 17.7 Å². The highest BCUT2D eigenvalue weighted by Crippen LogP contribution is 2.36. The van der Waals surface area contributed by atoms with E-state index in [1.807, 2.05) is 32.1 Å². The number of nitrogens with one attached hydrogen (secondary N) is 1. The summed E-state index contributed by atoms with van der Waals surface area (Å²) in [6.07, 6.45) is 6.62. The van der Waals surface area contributed by atoms with Gasteiger partial charge >= 0.3 is 6.18 Å². The number of unbranched alkanes of at least 4 members (excludes halogenated alkanes) is 1. The second-order valence-electron chi connectivity index (χ2n) is 7.81. The highest BCUT2D eigenvalue weighted by atomic mass is 32.2. The molecule has 0 aliphatic heterocycles. The quantitative estimate of drug-likeness (QED) is 0.223. The summed E-state index contributed by atoms with van der Waals surface area (Å²) in [7, 11) is 2.97. The van der Waals surface area contributed by atoms with Gasteiger partial charge in [0.15, 0.2) is 5.69 Å². The Kier molecular flexibility index (Phi) is 12.7. The first-order valence-electron chi connectivity index (χ1n) is 11.5. The summed E-state index contributed by atoms with van der Waals surface area (Å²) in [5.41, 5.74) is 0.841. The molecule has 0 aromatic carbocycles. The molecule has 1 heterocycles. The van der Waals surface area contributed by atoms with Crippen LogP contribution < -0.4 is 5.32 Å². The van der Waals surface area contributed by atoms with E-state index in [0.717, 1.165) is 63.1 Å². The van der Waals surface area contributed by atoms with E-state index in [1.54, 1.807) is 13.2 Å². The topological polar surface area (TPSA) is 56.1 Å². The van der Waals surface area contributed by atoms with E-state index in [2.05, 4.69) is 30.8 Å². The Morgan fingerprint density at radius 2 is 2.03 bits per heavy atom. The molecule has 0 saturated carbocycles. The number of alkyl halides is 3. The molecule has 0 saturated heterocycles. The van der Waals surface area contributed by atoms with Crippen molar-refractivity contribution in [1.82, 2.24) is 15.1 Å². The maximum absolute atomic E-state index is 12.9. The third-order valence-electron chi connectivity index (χ3n) is 5.21. The smallest absolute Gasteiger partial charge is 0.435 e. The predicted molar refractivity (Wildman–Crippen MR) is 138 cm³/mol. The highest BCUT2D eigenvalue weighted by molar-refractivity contribution is 8.07. The van der Waals surface area contributed by atoms with Crippen LogP contribution in [0.4, 0.5) is 13.2 Å². The van der Waals surface area contributed by atoms with Gasteiger partial charge < -0.3 is 10.1 Å². The zero-order chi connectivity index (χ0) is 26.6. The van der Waals surface area contributed by atoms with Gasteiger partial charge in [-0.2, -0.15) is 18.3 Å². The highest BCUT2D eigenvalue weighted by Gasteiger charge is 2.35. The number of carbonyl (C=O) groups excluding carboxylic acids is 1. The lowest BCUT2D eigenvalue weighted by Crippen LogP contribution is -2.27. The molecule has 0 unspecified atom stereocenters. The first-order chi connectivity index (χ1) is 16.5. The van der Waals surface area contributed by atoms with E-state index >= 15 is 0 Å². The lowest BCUT2D eigenvalue weighted by molar-refractivity contribution is -0.141. The number of aromatic nitrogens is 2. The monoisotopic (exact) mass is 511 g/mol. The average Bonchev–Trinajstić information content (AvgIpc) is 3.23. The number of carbonyl (C=O) groups is 1. The third-order valence-corrected chi connectivity index (χ3v) is 6.64. The van der Waals surface area contributed by atoms with Gasteiger partial charge in [0.05, 0.1) is 12.9 Å². The maximum Gasteiger partial charge on any atom is 0.435 e. The second-order valence-corrected chi connectivity index (χ2v) is 8.95. The largest absolute Gasteiger partial charge is 0.501 e. The summed E-state index contributed by atoms with van der Waals surface area (Å²) >= 11 is 1.51. The fraction of sp³-hybridized carbons (Fsp3) is 0.462. The van der Waals surface area contributed by atoms with Crippen LogP contribution in [0, 0.1) is 0 Å². The minimum atomic E-state index is -4.61. The Hall–Kier alpha value is -2.68. The zero-order valence-corrected chi connectivity index (χ0v) is 22.2. The standard InChI is InChI=1S/C26H36F3N3O2S/c1-8-12-14-20(34-7)15-19(13-9-2)24(18(5)10-3)35-21(11-4)17-30-25(33)22-16-23(26(27,28)29)31-32(22)6/h9,11,13,15-16H,2,8,10,12,14,17H2,1,3-7H3,(H,30,33)/b19-13+,20-15+,21-11-,24-18?. The predicted octanol–water partition coefficient (Wildman–Crippen LogP) is 7.32. The van der Waals surface area contributed by atoms with E-state index in [9.17, 15) is 18.0 Å². The normalized spacial score (nSPS) is 14.0. The number of aryl methyl sites for hydroxylation is 1. The van der Waals surface area contributed by atoms with Gasteiger partial charge in [0.25, 0.3) is 5.91 Å². The number of allylic oxidation sites excluding steroid dienone is 7. The van der Waals surface area contributed by atoms with Crippen molar-refractivity contribution in [2.45, 2.75) is 59.6 Å². The van der Waals surface area contributed by atoms with Crippen LogP contribution in [-0.2, 0) is 18.0 Å². The van der Waals surface area contributed by atoms with Gasteiger partial charge in [-0.15, -0.1) is 0 Å². The number of ether oxygens (including phenoxy) is 1. The minimum absolute atomic E-state index is 0.158. The molecule has 1 amide bonds. The molecular weight excluding hydrogens is 475 g/mol. The SMILES string of the molecule is C=C/C=C(\C=C(/CCCC)OC)C(S/C(=C\C)CNC(=O)c1cc(C(F)(F)F)nn1C)=C(C)CC. The Bertz CT molecular complexity index is 1000. The van der Waals surface area contributed by atoms with E-state index in [-0.39, 0.29) is 12.2 Å². The number of amides is 1. The lowest BCUT2D eigenvalue weighted by Gasteiger charge is -2.17. The van der Waals surface area contributed by atoms with E-state index in [4.69, 9.17) is 4.74 Å². The molecule has 5 nitrogen and oxygen atoms in total. The van der Waals surface area contributed by atoms with Gasteiger partial charge in [-0.1, -0.05) is 62.4 Å². The number of nitrogens with zero attached hydrogens (tertiary/aromatic N) is 2. The second kappa shape index (κ2) is 14.7. The Morgan fingerprint density at radius 1 is 1.34 bits per heavy atom. The molecule has 0 fully saturated rings. The fourth-order valence-corrected chi connectivity index (χ4v) is 4.12. The molecule has 1 aromatic rings. The first kappa shape index (κ1) is 30.4. The van der Waals surface area contributed by atoms with E-state index < -0.39 is 17.8 Å². The van der Waals surface area contributed by atoms with Crippen LogP contribution in [0.25, 0.3) is 0 Å². The van der Waals surface area contributed by atoms with Crippen molar-refractivity contribution in [3.8, 4) is 0 Å². The Morgan fingerprint density at radius 3 is 2.51 bits per heavy atom. The van der Waals surface area contributed by atoms with Crippen molar-refractivity contribution in [2.24, 2.45) is 7.05 Å². The van der Waals surface area contributed by atoms with Gasteiger partial charge in [-0.3, -0.25) is 9.48 Å².